The molecule has 0 unspecified atom stereocenters. The van der Waals surface area contributed by atoms with E-state index in [1.165, 1.54) is 42.3 Å². The van der Waals surface area contributed by atoms with Gasteiger partial charge < -0.3 is 14.5 Å². The Bertz CT molecular complexity index is 901. The Kier molecular flexibility index (Phi) is 6.64. The molecule has 9 heteroatoms. The molecule has 0 aliphatic carbocycles. The lowest BCUT2D eigenvalue weighted by Crippen LogP contribution is -2.30. The SMILES string of the molecule is CN(Cc1cccc(F)c1)C(=O)COC(=O)c1ccc(N(C)C)c([N+](=O)[O-])c1. The summed E-state index contributed by atoms with van der Waals surface area (Å²) in [6, 6.07) is 9.75. The molecule has 1 amide bonds. The molecule has 8 nitrogen and oxygen atoms in total. The van der Waals surface area contributed by atoms with Gasteiger partial charge >= 0.3 is 5.97 Å². The summed E-state index contributed by atoms with van der Waals surface area (Å²) in [5.74, 6) is -1.74. The summed E-state index contributed by atoms with van der Waals surface area (Å²) in [5, 5.41) is 11.2. The zero-order valence-electron chi connectivity index (χ0n) is 15.7. The molecule has 28 heavy (non-hydrogen) atoms. The maximum atomic E-state index is 13.2. The van der Waals surface area contributed by atoms with E-state index in [-0.39, 0.29) is 17.8 Å². The number of anilines is 1. The van der Waals surface area contributed by atoms with Gasteiger partial charge in [0.15, 0.2) is 6.61 Å². The van der Waals surface area contributed by atoms with Crippen molar-refractivity contribution >= 4 is 23.3 Å². The van der Waals surface area contributed by atoms with Gasteiger partial charge in [-0.15, -0.1) is 0 Å². The predicted molar refractivity (Wildman–Crippen MR) is 101 cm³/mol. The highest BCUT2D eigenvalue weighted by molar-refractivity contribution is 5.93. The molecule has 0 bridgehead atoms. The third-order valence-corrected chi connectivity index (χ3v) is 3.95. The van der Waals surface area contributed by atoms with Crippen LogP contribution in [-0.2, 0) is 16.1 Å². The normalized spacial score (nSPS) is 10.3. The zero-order chi connectivity index (χ0) is 20.8. The summed E-state index contributed by atoms with van der Waals surface area (Å²) < 4.78 is 18.2. The van der Waals surface area contributed by atoms with E-state index in [9.17, 15) is 24.1 Å². The molecule has 0 radical (unpaired) electrons. The van der Waals surface area contributed by atoms with Crippen molar-refractivity contribution in [3.8, 4) is 0 Å². The van der Waals surface area contributed by atoms with Crippen LogP contribution in [0.1, 0.15) is 15.9 Å². The van der Waals surface area contributed by atoms with Gasteiger partial charge in [0.2, 0.25) is 0 Å². The van der Waals surface area contributed by atoms with Gasteiger partial charge in [0.05, 0.1) is 10.5 Å². The highest BCUT2D eigenvalue weighted by Gasteiger charge is 2.20. The Morgan fingerprint density at radius 3 is 2.46 bits per heavy atom. The Balaban J connectivity index is 2.00. The number of hydrogen-bond acceptors (Lipinski definition) is 6. The van der Waals surface area contributed by atoms with Crippen molar-refractivity contribution in [2.45, 2.75) is 6.54 Å². The zero-order valence-corrected chi connectivity index (χ0v) is 15.7. The number of likely N-dealkylation sites (N-methyl/N-ethyl adjacent to an activating group) is 1. The average Bonchev–Trinajstić information content (AvgIpc) is 2.65. The summed E-state index contributed by atoms with van der Waals surface area (Å²) in [7, 11) is 4.79. The number of benzene rings is 2. The second-order valence-corrected chi connectivity index (χ2v) is 6.31. The van der Waals surface area contributed by atoms with E-state index < -0.39 is 29.2 Å². The number of esters is 1. The van der Waals surface area contributed by atoms with E-state index in [0.717, 1.165) is 6.07 Å². The van der Waals surface area contributed by atoms with Crippen LogP contribution < -0.4 is 4.90 Å². The van der Waals surface area contributed by atoms with Crippen LogP contribution in [0.15, 0.2) is 42.5 Å². The van der Waals surface area contributed by atoms with Gasteiger partial charge in [-0.2, -0.15) is 0 Å². The Morgan fingerprint density at radius 2 is 1.86 bits per heavy atom. The van der Waals surface area contributed by atoms with Gasteiger partial charge in [0, 0.05) is 33.8 Å². The summed E-state index contributed by atoms with van der Waals surface area (Å²) in [6.45, 7) is -0.384. The van der Waals surface area contributed by atoms with Gasteiger partial charge in [-0.05, 0) is 29.8 Å². The molecule has 2 aromatic carbocycles. The lowest BCUT2D eigenvalue weighted by atomic mass is 10.1. The first kappa shape index (κ1) is 20.8. The first-order valence-corrected chi connectivity index (χ1v) is 8.30. The van der Waals surface area contributed by atoms with E-state index in [4.69, 9.17) is 4.74 Å². The van der Waals surface area contributed by atoms with E-state index in [0.29, 0.717) is 11.3 Å². The molecule has 0 fully saturated rings. The van der Waals surface area contributed by atoms with E-state index in [1.54, 1.807) is 25.1 Å². The topological polar surface area (TPSA) is 93.0 Å². The molecule has 0 aliphatic rings. The lowest BCUT2D eigenvalue weighted by molar-refractivity contribution is -0.384. The number of carbonyl (C=O) groups excluding carboxylic acids is 2. The number of nitro groups is 1. The van der Waals surface area contributed by atoms with Crippen LogP contribution in [0.25, 0.3) is 0 Å². The first-order chi connectivity index (χ1) is 13.2. The van der Waals surface area contributed by atoms with Gasteiger partial charge in [-0.1, -0.05) is 12.1 Å². The number of ether oxygens (including phenoxy) is 1. The van der Waals surface area contributed by atoms with Gasteiger partial charge in [0.1, 0.15) is 11.5 Å². The van der Waals surface area contributed by atoms with E-state index in [2.05, 4.69) is 0 Å². The minimum atomic E-state index is -0.846. The van der Waals surface area contributed by atoms with Gasteiger partial charge in [-0.3, -0.25) is 14.9 Å². The third kappa shape index (κ3) is 5.26. The van der Waals surface area contributed by atoms with Crippen molar-refractivity contribution in [1.82, 2.24) is 4.90 Å². The fourth-order valence-corrected chi connectivity index (χ4v) is 2.49. The van der Waals surface area contributed by atoms with Crippen LogP contribution in [0.4, 0.5) is 15.8 Å². The molecular weight excluding hydrogens is 369 g/mol. The minimum absolute atomic E-state index is 0.0297. The van der Waals surface area contributed by atoms with Crippen molar-refractivity contribution in [2.24, 2.45) is 0 Å². The first-order valence-electron chi connectivity index (χ1n) is 8.30. The summed E-state index contributed by atoms with van der Waals surface area (Å²) in [4.78, 5) is 37.7. The molecule has 2 rings (SSSR count). The van der Waals surface area contributed by atoms with Crippen LogP contribution in [0.5, 0.6) is 0 Å². The monoisotopic (exact) mass is 389 g/mol. The smallest absolute Gasteiger partial charge is 0.338 e. The van der Waals surface area contributed by atoms with Crippen molar-refractivity contribution in [1.29, 1.82) is 0 Å². The standard InChI is InChI=1S/C19H20FN3O5/c1-21(2)16-8-7-14(10-17(16)23(26)27)19(25)28-12-18(24)22(3)11-13-5-4-6-15(20)9-13/h4-10H,11-12H2,1-3H3. The van der Waals surface area contributed by atoms with Crippen molar-refractivity contribution in [3.05, 3.63) is 69.5 Å². The fraction of sp³-hybridized carbons (Fsp3) is 0.263. The van der Waals surface area contributed by atoms with Crippen molar-refractivity contribution in [2.75, 3.05) is 32.6 Å². The Hall–Kier alpha value is -3.49. The van der Waals surface area contributed by atoms with Crippen LogP contribution in [-0.4, -0.2) is 49.4 Å². The van der Waals surface area contributed by atoms with Crippen LogP contribution in [0.2, 0.25) is 0 Å². The summed E-state index contributed by atoms with van der Waals surface area (Å²) in [5.41, 5.74) is 0.663. The molecule has 0 spiro atoms. The second kappa shape index (κ2) is 8.94. The number of carbonyl (C=O) groups is 2. The number of rotatable bonds is 7. The van der Waals surface area contributed by atoms with Crippen molar-refractivity contribution in [3.63, 3.8) is 0 Å². The molecule has 0 heterocycles. The molecule has 148 valence electrons. The molecule has 0 saturated carbocycles. The number of halogens is 1. The van der Waals surface area contributed by atoms with Crippen LogP contribution >= 0.6 is 0 Å². The number of amides is 1. The molecule has 0 aromatic heterocycles. The molecule has 0 N–H and O–H groups in total. The molecule has 0 atom stereocenters. The summed E-state index contributed by atoms with van der Waals surface area (Å²) in [6.07, 6.45) is 0. The molecule has 2 aromatic rings. The fourth-order valence-electron chi connectivity index (χ4n) is 2.49. The lowest BCUT2D eigenvalue weighted by Gasteiger charge is -2.17. The predicted octanol–water partition coefficient (Wildman–Crippen LogP) is 2.62. The minimum Gasteiger partial charge on any atom is -0.452 e. The second-order valence-electron chi connectivity index (χ2n) is 6.31. The maximum absolute atomic E-state index is 13.2. The Labute approximate surface area is 161 Å². The number of nitro benzene ring substituents is 1. The van der Waals surface area contributed by atoms with Crippen LogP contribution in [0.3, 0.4) is 0 Å². The average molecular weight is 389 g/mol. The number of nitrogens with zero attached hydrogens (tertiary/aromatic N) is 3. The largest absolute Gasteiger partial charge is 0.452 e. The highest BCUT2D eigenvalue weighted by atomic mass is 19.1. The Morgan fingerprint density at radius 1 is 1.14 bits per heavy atom. The number of hydrogen-bond donors (Lipinski definition) is 0. The van der Waals surface area contributed by atoms with Gasteiger partial charge in [-0.25, -0.2) is 9.18 Å². The maximum Gasteiger partial charge on any atom is 0.338 e. The molecule has 0 saturated heterocycles. The van der Waals surface area contributed by atoms with E-state index >= 15 is 0 Å². The van der Waals surface area contributed by atoms with Crippen LogP contribution in [0, 0.1) is 15.9 Å². The van der Waals surface area contributed by atoms with E-state index in [1.807, 2.05) is 0 Å². The van der Waals surface area contributed by atoms with Crippen molar-refractivity contribution < 1.29 is 23.6 Å². The van der Waals surface area contributed by atoms with Gasteiger partial charge in [0.25, 0.3) is 11.6 Å². The molecular formula is C19H20FN3O5. The quantitative estimate of drug-likeness (QED) is 0.411. The summed E-state index contributed by atoms with van der Waals surface area (Å²) >= 11 is 0. The third-order valence-electron chi connectivity index (χ3n) is 3.95. The molecule has 0 aliphatic heterocycles. The highest BCUT2D eigenvalue weighted by Crippen LogP contribution is 2.27.